The molecular weight excluding hydrogens is 266 g/mol. The van der Waals surface area contributed by atoms with Crippen molar-refractivity contribution in [2.24, 2.45) is 0 Å². The van der Waals surface area contributed by atoms with Gasteiger partial charge >= 0.3 is 0 Å². The number of ether oxygens (including phenoxy) is 1. The number of hydrogen-bond donors (Lipinski definition) is 1. The van der Waals surface area contributed by atoms with Gasteiger partial charge in [0.1, 0.15) is 11.5 Å². The summed E-state index contributed by atoms with van der Waals surface area (Å²) in [6.07, 6.45) is 5.73. The molecule has 0 unspecified atom stereocenters. The smallest absolute Gasteiger partial charge is 0.270 e. The molecule has 4 nitrogen and oxygen atoms in total. The zero-order valence-corrected chi connectivity index (χ0v) is 13.2. The van der Waals surface area contributed by atoms with E-state index in [4.69, 9.17) is 4.74 Å². The molecule has 0 atom stereocenters. The van der Waals surface area contributed by atoms with Crippen LogP contribution >= 0.6 is 0 Å². The van der Waals surface area contributed by atoms with Crippen molar-refractivity contribution in [2.45, 2.75) is 58.5 Å². The van der Waals surface area contributed by atoms with Crippen molar-refractivity contribution in [2.75, 3.05) is 11.4 Å². The van der Waals surface area contributed by atoms with Crippen molar-refractivity contribution in [1.82, 2.24) is 0 Å². The molecule has 2 rings (SSSR count). The Morgan fingerprint density at radius 1 is 1.19 bits per heavy atom. The Balaban J connectivity index is 2.14. The highest BCUT2D eigenvalue weighted by atomic mass is 16.5. The molecule has 0 spiro atoms. The topological polar surface area (TPSA) is 49.8 Å². The summed E-state index contributed by atoms with van der Waals surface area (Å²) in [4.78, 5) is 14.3. The van der Waals surface area contributed by atoms with Crippen molar-refractivity contribution >= 4 is 11.6 Å². The minimum Gasteiger partial charge on any atom is -0.508 e. The zero-order chi connectivity index (χ0) is 15.5. The number of amides is 1. The van der Waals surface area contributed by atoms with Crippen molar-refractivity contribution in [3.63, 3.8) is 0 Å². The lowest BCUT2D eigenvalue weighted by Crippen LogP contribution is -2.52. The molecule has 21 heavy (non-hydrogen) atoms. The Morgan fingerprint density at radius 2 is 1.90 bits per heavy atom. The lowest BCUT2D eigenvalue weighted by molar-refractivity contribution is -0.132. The highest BCUT2D eigenvalue weighted by Crippen LogP contribution is 2.39. The van der Waals surface area contributed by atoms with Crippen LogP contribution in [-0.2, 0) is 4.79 Å². The van der Waals surface area contributed by atoms with Crippen LogP contribution in [0.5, 0.6) is 11.5 Å². The van der Waals surface area contributed by atoms with E-state index in [9.17, 15) is 9.90 Å². The molecule has 0 aromatic heterocycles. The molecule has 1 aliphatic rings. The summed E-state index contributed by atoms with van der Waals surface area (Å²) < 4.78 is 5.76. The molecule has 1 N–H and O–H groups in total. The number of fused-ring (bicyclic) bond motifs is 1. The van der Waals surface area contributed by atoms with Gasteiger partial charge in [-0.25, -0.2) is 0 Å². The predicted octanol–water partition coefficient (Wildman–Crippen LogP) is 3.87. The second kappa shape index (κ2) is 6.37. The third kappa shape index (κ3) is 3.49. The van der Waals surface area contributed by atoms with Gasteiger partial charge in [-0.1, -0.05) is 32.6 Å². The van der Waals surface area contributed by atoms with Crippen LogP contribution in [0, 0.1) is 0 Å². The zero-order valence-electron chi connectivity index (χ0n) is 13.2. The third-order valence-electron chi connectivity index (χ3n) is 3.84. The van der Waals surface area contributed by atoms with Crippen LogP contribution in [0.4, 0.5) is 5.69 Å². The Labute approximate surface area is 126 Å². The fourth-order valence-corrected chi connectivity index (χ4v) is 2.65. The van der Waals surface area contributed by atoms with Gasteiger partial charge in [0.25, 0.3) is 5.91 Å². The number of carbonyl (C=O) groups excluding carboxylic acids is 1. The molecule has 0 saturated heterocycles. The van der Waals surface area contributed by atoms with E-state index >= 15 is 0 Å². The monoisotopic (exact) mass is 291 g/mol. The molecule has 0 bridgehead atoms. The number of unbranched alkanes of at least 4 members (excludes halogenated alkanes) is 4. The maximum atomic E-state index is 12.6. The predicted molar refractivity (Wildman–Crippen MR) is 83.9 cm³/mol. The first-order chi connectivity index (χ1) is 9.95. The molecule has 0 aliphatic carbocycles. The third-order valence-corrected chi connectivity index (χ3v) is 3.84. The maximum Gasteiger partial charge on any atom is 0.270 e. The highest BCUT2D eigenvalue weighted by Gasteiger charge is 2.40. The minimum atomic E-state index is -0.854. The van der Waals surface area contributed by atoms with Crippen molar-refractivity contribution < 1.29 is 14.6 Å². The highest BCUT2D eigenvalue weighted by molar-refractivity contribution is 6.02. The summed E-state index contributed by atoms with van der Waals surface area (Å²) in [7, 11) is 0. The molecule has 0 saturated carbocycles. The number of carbonyl (C=O) groups is 1. The van der Waals surface area contributed by atoms with E-state index in [1.54, 1.807) is 36.9 Å². The Bertz CT molecular complexity index is 511. The molecule has 1 aromatic carbocycles. The van der Waals surface area contributed by atoms with Crippen LogP contribution in [0.25, 0.3) is 0 Å². The first-order valence-corrected chi connectivity index (χ1v) is 7.79. The summed E-state index contributed by atoms with van der Waals surface area (Å²) in [6.45, 7) is 6.43. The molecule has 1 aromatic rings. The number of benzene rings is 1. The number of anilines is 1. The average Bonchev–Trinajstić information content (AvgIpc) is 2.43. The first kappa shape index (κ1) is 15.7. The van der Waals surface area contributed by atoms with Gasteiger partial charge in [-0.2, -0.15) is 0 Å². The number of hydrogen-bond acceptors (Lipinski definition) is 3. The van der Waals surface area contributed by atoms with Crippen LogP contribution < -0.4 is 9.64 Å². The average molecular weight is 291 g/mol. The molecule has 0 fully saturated rings. The number of aromatic hydroxyl groups is 1. The summed E-state index contributed by atoms with van der Waals surface area (Å²) in [5, 5.41) is 9.67. The van der Waals surface area contributed by atoms with Gasteiger partial charge < -0.3 is 14.7 Å². The van der Waals surface area contributed by atoms with E-state index in [0.29, 0.717) is 18.0 Å². The first-order valence-electron chi connectivity index (χ1n) is 7.79. The standard InChI is InChI=1S/C17H25NO3/c1-4-5-6-7-8-11-18-14-12-13(19)9-10-15(14)21-17(2,3)16(18)20/h9-10,12,19H,4-8,11H2,1-3H3. The van der Waals surface area contributed by atoms with E-state index < -0.39 is 5.60 Å². The van der Waals surface area contributed by atoms with E-state index in [-0.39, 0.29) is 11.7 Å². The van der Waals surface area contributed by atoms with Crippen LogP contribution in [0.1, 0.15) is 52.9 Å². The number of rotatable bonds is 6. The van der Waals surface area contributed by atoms with E-state index in [2.05, 4.69) is 6.92 Å². The normalized spacial score (nSPS) is 16.5. The lowest BCUT2D eigenvalue weighted by atomic mass is 10.0. The number of phenols is 1. The number of nitrogens with zero attached hydrogens (tertiary/aromatic N) is 1. The fourth-order valence-electron chi connectivity index (χ4n) is 2.65. The van der Waals surface area contributed by atoms with E-state index in [0.717, 1.165) is 12.8 Å². The van der Waals surface area contributed by atoms with Crippen molar-refractivity contribution in [1.29, 1.82) is 0 Å². The summed E-state index contributed by atoms with van der Waals surface area (Å²) >= 11 is 0. The van der Waals surface area contributed by atoms with Gasteiger partial charge in [0.15, 0.2) is 5.60 Å². The van der Waals surface area contributed by atoms with Crippen LogP contribution in [0.2, 0.25) is 0 Å². The molecule has 1 amide bonds. The Kier molecular flexibility index (Phi) is 4.76. The Hall–Kier alpha value is -1.71. The molecule has 1 aliphatic heterocycles. The number of phenolic OH excluding ortho intramolecular Hbond substituents is 1. The second-order valence-electron chi connectivity index (χ2n) is 6.14. The molecule has 1 heterocycles. The molecule has 4 heteroatoms. The fraction of sp³-hybridized carbons (Fsp3) is 0.588. The van der Waals surface area contributed by atoms with E-state index in [1.807, 2.05) is 0 Å². The summed E-state index contributed by atoms with van der Waals surface area (Å²) in [5.74, 6) is 0.767. The summed E-state index contributed by atoms with van der Waals surface area (Å²) in [6, 6.07) is 4.92. The Morgan fingerprint density at radius 3 is 2.62 bits per heavy atom. The molecular formula is C17H25NO3. The van der Waals surface area contributed by atoms with Crippen LogP contribution in [-0.4, -0.2) is 23.2 Å². The van der Waals surface area contributed by atoms with Gasteiger partial charge in [-0.3, -0.25) is 4.79 Å². The van der Waals surface area contributed by atoms with E-state index in [1.165, 1.54) is 19.3 Å². The second-order valence-corrected chi connectivity index (χ2v) is 6.14. The van der Waals surface area contributed by atoms with Gasteiger partial charge in [-0.15, -0.1) is 0 Å². The van der Waals surface area contributed by atoms with Crippen molar-refractivity contribution in [3.05, 3.63) is 18.2 Å². The molecule has 0 radical (unpaired) electrons. The minimum absolute atomic E-state index is 0.0453. The van der Waals surface area contributed by atoms with Gasteiger partial charge in [0, 0.05) is 12.6 Å². The lowest BCUT2D eigenvalue weighted by Gasteiger charge is -2.38. The van der Waals surface area contributed by atoms with Crippen molar-refractivity contribution in [3.8, 4) is 11.5 Å². The van der Waals surface area contributed by atoms with Gasteiger partial charge in [-0.05, 0) is 32.4 Å². The van der Waals surface area contributed by atoms with Crippen LogP contribution in [0.15, 0.2) is 18.2 Å². The molecule has 116 valence electrons. The summed E-state index contributed by atoms with van der Waals surface area (Å²) in [5.41, 5.74) is -0.178. The van der Waals surface area contributed by atoms with Crippen LogP contribution in [0.3, 0.4) is 0 Å². The quantitative estimate of drug-likeness (QED) is 0.809. The van der Waals surface area contributed by atoms with Gasteiger partial charge in [0.05, 0.1) is 5.69 Å². The SMILES string of the molecule is CCCCCCCN1C(=O)C(C)(C)Oc2ccc(O)cc21. The van der Waals surface area contributed by atoms with Gasteiger partial charge in [0.2, 0.25) is 0 Å². The largest absolute Gasteiger partial charge is 0.508 e. The maximum absolute atomic E-state index is 12.6.